The van der Waals surface area contributed by atoms with Gasteiger partial charge in [0.1, 0.15) is 6.04 Å². The fourth-order valence-electron chi connectivity index (χ4n) is 2.68. The van der Waals surface area contributed by atoms with Crippen LogP contribution in [0.1, 0.15) is 16.1 Å². The summed E-state index contributed by atoms with van der Waals surface area (Å²) in [7, 11) is 0. The molecule has 0 aliphatic carbocycles. The van der Waals surface area contributed by atoms with Gasteiger partial charge in [0.05, 0.1) is 11.8 Å². The third kappa shape index (κ3) is 4.27. The van der Waals surface area contributed by atoms with E-state index >= 15 is 0 Å². The Kier molecular flexibility index (Phi) is 5.41. The highest BCUT2D eigenvalue weighted by Crippen LogP contribution is 2.23. The van der Waals surface area contributed by atoms with Crippen LogP contribution < -0.4 is 11.1 Å². The van der Waals surface area contributed by atoms with E-state index in [0.717, 1.165) is 11.1 Å². The number of nitrogens with two attached hydrogens (primary N) is 1. The zero-order valence-corrected chi connectivity index (χ0v) is 14.3. The lowest BCUT2D eigenvalue weighted by molar-refractivity contribution is -0.137. The average molecular weight is 363 g/mol. The number of nitrogens with one attached hydrogen (secondary N) is 1. The smallest absolute Gasteiger partial charge is 0.291 e. The van der Waals surface area contributed by atoms with Crippen LogP contribution in [0, 0.1) is 0 Å². The Hall–Kier alpha value is -3.74. The Morgan fingerprint density at radius 1 is 1.00 bits per heavy atom. The summed E-state index contributed by atoms with van der Waals surface area (Å²) in [5, 5.41) is 6.21. The lowest BCUT2D eigenvalue weighted by Crippen LogP contribution is -2.47. The number of primary amides is 1. The first kappa shape index (κ1) is 18.1. The number of benzene rings is 2. The summed E-state index contributed by atoms with van der Waals surface area (Å²) in [4.78, 5) is 36.2. The summed E-state index contributed by atoms with van der Waals surface area (Å²) in [5.74, 6) is -2.69. The highest BCUT2D eigenvalue weighted by Gasteiger charge is 2.28. The number of nitrogens with zero attached hydrogens (tertiary/aromatic N) is 1. The molecule has 136 valence electrons. The van der Waals surface area contributed by atoms with Crippen molar-refractivity contribution in [2.24, 2.45) is 5.73 Å². The molecule has 7 nitrogen and oxygen atoms in total. The van der Waals surface area contributed by atoms with Gasteiger partial charge in [0.2, 0.25) is 11.5 Å². The molecule has 27 heavy (non-hydrogen) atoms. The van der Waals surface area contributed by atoms with Crippen molar-refractivity contribution in [1.82, 2.24) is 10.5 Å². The zero-order valence-electron chi connectivity index (χ0n) is 14.3. The Morgan fingerprint density at radius 3 is 2.26 bits per heavy atom. The van der Waals surface area contributed by atoms with Crippen LogP contribution in [0.3, 0.4) is 0 Å². The molecule has 1 aromatic heterocycles. The van der Waals surface area contributed by atoms with Crippen LogP contribution in [0.25, 0.3) is 11.1 Å². The minimum Gasteiger partial charge on any atom is -0.363 e. The number of amides is 2. The molecule has 0 saturated heterocycles. The molecule has 1 heterocycles. The minimum atomic E-state index is -1.11. The highest BCUT2D eigenvalue weighted by molar-refractivity contribution is 6.38. The lowest BCUT2D eigenvalue weighted by Gasteiger charge is -2.15. The normalized spacial score (nSPS) is 11.6. The third-order valence-electron chi connectivity index (χ3n) is 4.01. The van der Waals surface area contributed by atoms with Crippen LogP contribution in [0.15, 0.2) is 71.4 Å². The van der Waals surface area contributed by atoms with Gasteiger partial charge < -0.3 is 15.6 Å². The first-order chi connectivity index (χ1) is 13.1. The molecule has 7 heteroatoms. The van der Waals surface area contributed by atoms with Crippen molar-refractivity contribution in [1.29, 1.82) is 0 Å². The molecule has 0 spiro atoms. The number of hydrogen-bond acceptors (Lipinski definition) is 5. The van der Waals surface area contributed by atoms with E-state index in [4.69, 9.17) is 10.3 Å². The number of hydrogen-bond donors (Lipinski definition) is 2. The molecule has 2 amide bonds. The molecular weight excluding hydrogens is 346 g/mol. The summed E-state index contributed by atoms with van der Waals surface area (Å²) < 4.78 is 5.08. The lowest BCUT2D eigenvalue weighted by atomic mass is 10.0. The van der Waals surface area contributed by atoms with Crippen molar-refractivity contribution in [3.05, 3.63) is 78.2 Å². The van der Waals surface area contributed by atoms with E-state index in [2.05, 4.69) is 10.5 Å². The molecule has 0 bridgehead atoms. The van der Waals surface area contributed by atoms with Crippen LogP contribution in [-0.4, -0.2) is 28.8 Å². The second-order valence-electron chi connectivity index (χ2n) is 5.88. The van der Waals surface area contributed by atoms with E-state index in [9.17, 15) is 14.4 Å². The SMILES string of the molecule is NC(=O)C(=O)C(Cc1ccccc1)NC(=O)c1oncc1-c1ccccc1. The minimum absolute atomic E-state index is 0.0449. The maximum absolute atomic E-state index is 12.7. The van der Waals surface area contributed by atoms with E-state index in [0.29, 0.717) is 5.56 Å². The Morgan fingerprint density at radius 2 is 1.63 bits per heavy atom. The van der Waals surface area contributed by atoms with Crippen molar-refractivity contribution < 1.29 is 18.9 Å². The van der Waals surface area contributed by atoms with Gasteiger partial charge in [0.15, 0.2) is 0 Å². The summed E-state index contributed by atoms with van der Waals surface area (Å²) in [6, 6.07) is 17.0. The predicted molar refractivity (Wildman–Crippen MR) is 97.5 cm³/mol. The molecule has 1 unspecified atom stereocenters. The third-order valence-corrected chi connectivity index (χ3v) is 4.01. The van der Waals surface area contributed by atoms with Gasteiger partial charge in [-0.3, -0.25) is 14.4 Å². The van der Waals surface area contributed by atoms with Gasteiger partial charge in [0.25, 0.3) is 11.8 Å². The predicted octanol–water partition coefficient (Wildman–Crippen LogP) is 1.74. The van der Waals surface area contributed by atoms with Crippen molar-refractivity contribution in [2.45, 2.75) is 12.5 Å². The maximum Gasteiger partial charge on any atom is 0.291 e. The Labute approximate surface area is 155 Å². The van der Waals surface area contributed by atoms with E-state index in [1.54, 1.807) is 36.4 Å². The van der Waals surface area contributed by atoms with Crippen molar-refractivity contribution in [3.63, 3.8) is 0 Å². The van der Waals surface area contributed by atoms with Gasteiger partial charge in [-0.05, 0) is 11.1 Å². The number of carbonyl (C=O) groups excluding carboxylic acids is 3. The first-order valence-electron chi connectivity index (χ1n) is 8.25. The van der Waals surface area contributed by atoms with E-state index in [1.165, 1.54) is 6.20 Å². The molecule has 3 rings (SSSR count). The van der Waals surface area contributed by atoms with E-state index in [-0.39, 0.29) is 12.2 Å². The number of aromatic nitrogens is 1. The molecule has 3 aromatic rings. The topological polar surface area (TPSA) is 115 Å². The van der Waals surface area contributed by atoms with Crippen molar-refractivity contribution >= 4 is 17.6 Å². The molecule has 1 atom stereocenters. The van der Waals surface area contributed by atoms with E-state index in [1.807, 2.05) is 24.3 Å². The van der Waals surface area contributed by atoms with Crippen LogP contribution in [0.5, 0.6) is 0 Å². The maximum atomic E-state index is 12.7. The molecule has 0 fully saturated rings. The van der Waals surface area contributed by atoms with Gasteiger partial charge in [-0.1, -0.05) is 65.8 Å². The number of ketones is 1. The molecule has 0 aliphatic heterocycles. The molecule has 2 aromatic carbocycles. The molecule has 0 radical (unpaired) electrons. The Balaban J connectivity index is 1.84. The van der Waals surface area contributed by atoms with Gasteiger partial charge in [0, 0.05) is 6.42 Å². The summed E-state index contributed by atoms with van der Waals surface area (Å²) in [6.07, 6.45) is 1.55. The standard InChI is InChI=1S/C20H17N3O4/c21-19(25)17(24)16(11-13-7-3-1-4-8-13)23-20(26)18-15(12-22-27-18)14-9-5-2-6-10-14/h1-10,12,16H,11H2,(H2,21,25)(H,23,26). The Bertz CT molecular complexity index is 952. The monoisotopic (exact) mass is 363 g/mol. The van der Waals surface area contributed by atoms with Crippen molar-refractivity contribution in [2.75, 3.05) is 0 Å². The molecule has 3 N–H and O–H groups in total. The first-order valence-corrected chi connectivity index (χ1v) is 8.25. The number of carbonyl (C=O) groups is 3. The average Bonchev–Trinajstić information content (AvgIpc) is 3.18. The number of rotatable bonds is 7. The molecular formula is C20H17N3O4. The van der Waals surface area contributed by atoms with Gasteiger partial charge >= 0.3 is 0 Å². The van der Waals surface area contributed by atoms with Crippen molar-refractivity contribution in [3.8, 4) is 11.1 Å². The molecule has 0 saturated carbocycles. The van der Waals surface area contributed by atoms with Gasteiger partial charge in [-0.15, -0.1) is 0 Å². The summed E-state index contributed by atoms with van der Waals surface area (Å²) >= 11 is 0. The quantitative estimate of drug-likeness (QED) is 0.620. The largest absolute Gasteiger partial charge is 0.363 e. The van der Waals surface area contributed by atoms with Crippen LogP contribution in [-0.2, 0) is 16.0 Å². The second-order valence-corrected chi connectivity index (χ2v) is 5.88. The fraction of sp³-hybridized carbons (Fsp3) is 0.100. The number of Topliss-reactive ketones (excluding diaryl/α,β-unsaturated/α-hetero) is 1. The fourth-order valence-corrected chi connectivity index (χ4v) is 2.68. The van der Waals surface area contributed by atoms with Crippen LogP contribution in [0.4, 0.5) is 0 Å². The summed E-state index contributed by atoms with van der Waals surface area (Å²) in [6.45, 7) is 0. The van der Waals surface area contributed by atoms with Crippen LogP contribution in [0.2, 0.25) is 0 Å². The molecule has 0 aliphatic rings. The van der Waals surface area contributed by atoms with E-state index < -0.39 is 23.6 Å². The second kappa shape index (κ2) is 8.09. The van der Waals surface area contributed by atoms with Gasteiger partial charge in [-0.2, -0.15) is 0 Å². The van der Waals surface area contributed by atoms with Crippen LogP contribution >= 0.6 is 0 Å². The van der Waals surface area contributed by atoms with Gasteiger partial charge in [-0.25, -0.2) is 0 Å². The summed E-state index contributed by atoms with van der Waals surface area (Å²) in [5.41, 5.74) is 7.13. The zero-order chi connectivity index (χ0) is 19.2. The highest BCUT2D eigenvalue weighted by atomic mass is 16.5.